The number of carbonyl (C=O) groups excluding carboxylic acids is 1. The molecule has 1 saturated carbocycles. The van der Waals surface area contributed by atoms with Gasteiger partial charge >= 0.3 is 0 Å². The molecule has 5 nitrogen and oxygen atoms in total. The quantitative estimate of drug-likeness (QED) is 0.473. The second-order valence-corrected chi connectivity index (χ2v) is 9.15. The third kappa shape index (κ3) is 3.45. The van der Waals surface area contributed by atoms with E-state index < -0.39 is 0 Å². The van der Waals surface area contributed by atoms with Crippen LogP contribution in [0.15, 0.2) is 48.7 Å². The van der Waals surface area contributed by atoms with Crippen molar-refractivity contribution in [3.8, 4) is 17.0 Å². The molecular weight excluding hydrogens is 394 g/mol. The predicted molar refractivity (Wildman–Crippen MR) is 121 cm³/mol. The van der Waals surface area contributed by atoms with Gasteiger partial charge in [-0.15, -0.1) is 0 Å². The maximum atomic E-state index is 12.8. The average Bonchev–Trinajstić information content (AvgIpc) is 3.33. The van der Waals surface area contributed by atoms with Gasteiger partial charge < -0.3 is 10.1 Å². The first-order valence-corrected chi connectivity index (χ1v) is 11.3. The van der Waals surface area contributed by atoms with Crippen LogP contribution in [0.2, 0.25) is 0 Å². The van der Waals surface area contributed by atoms with Crippen LogP contribution in [0.25, 0.3) is 26.4 Å². The summed E-state index contributed by atoms with van der Waals surface area (Å²) in [5, 5.41) is 3.25. The molecule has 30 heavy (non-hydrogen) atoms. The van der Waals surface area contributed by atoms with Gasteiger partial charge in [0, 0.05) is 23.4 Å². The van der Waals surface area contributed by atoms with E-state index in [1.54, 1.807) is 18.4 Å². The molecule has 4 aromatic rings. The lowest BCUT2D eigenvalue weighted by Crippen LogP contribution is -2.41. The van der Waals surface area contributed by atoms with Crippen LogP contribution >= 0.6 is 11.3 Å². The number of nitrogens with one attached hydrogen (secondary N) is 1. The normalized spacial score (nSPS) is 19.3. The fourth-order valence-electron chi connectivity index (χ4n) is 4.35. The molecule has 2 heterocycles. The van der Waals surface area contributed by atoms with Crippen LogP contribution in [-0.2, 0) is 0 Å². The highest BCUT2D eigenvalue weighted by Gasteiger charge is 2.23. The molecule has 0 aliphatic heterocycles. The highest BCUT2D eigenvalue weighted by atomic mass is 32.1. The molecule has 2 aromatic heterocycles. The first-order valence-electron chi connectivity index (χ1n) is 10.5. The fourth-order valence-corrected chi connectivity index (χ4v) is 5.39. The van der Waals surface area contributed by atoms with Crippen molar-refractivity contribution in [1.82, 2.24) is 14.7 Å². The minimum Gasteiger partial charge on any atom is -0.497 e. The number of aromatic nitrogens is 2. The standard InChI is InChI=1S/C24H25N3O2S/c1-15-6-3-4-9-19(15)25-23(28)17-10-11-21-22(13-17)30-24-26-20(14-27(21)24)16-7-5-8-18(12-16)29-2/h5,7-8,10-15,19H,3-4,6,9H2,1-2H3,(H,25,28). The van der Waals surface area contributed by atoms with Gasteiger partial charge in [-0.1, -0.05) is 43.2 Å². The van der Waals surface area contributed by atoms with Crippen LogP contribution in [0.3, 0.4) is 0 Å². The number of amides is 1. The van der Waals surface area contributed by atoms with Crippen LogP contribution in [0.5, 0.6) is 5.75 Å². The zero-order valence-corrected chi connectivity index (χ0v) is 18.0. The SMILES string of the molecule is COc1cccc(-c2cn3c(n2)sc2cc(C(=O)NC4CCCCC4C)ccc23)c1. The number of hydrogen-bond acceptors (Lipinski definition) is 4. The molecule has 1 fully saturated rings. The molecule has 2 unspecified atom stereocenters. The Morgan fingerprint density at radius 1 is 1.20 bits per heavy atom. The Morgan fingerprint density at radius 2 is 2.07 bits per heavy atom. The number of nitrogens with zero attached hydrogens (tertiary/aromatic N) is 2. The number of fused-ring (bicyclic) bond motifs is 3. The molecule has 0 saturated heterocycles. The minimum absolute atomic E-state index is 0.0266. The van der Waals surface area contributed by atoms with Gasteiger partial charge in [0.2, 0.25) is 0 Å². The Balaban J connectivity index is 1.43. The molecular formula is C24H25N3O2S. The number of ether oxygens (including phenoxy) is 1. The van der Waals surface area contributed by atoms with E-state index in [0.29, 0.717) is 5.92 Å². The van der Waals surface area contributed by atoms with E-state index in [2.05, 4.69) is 16.6 Å². The summed E-state index contributed by atoms with van der Waals surface area (Å²) in [5.74, 6) is 1.39. The first kappa shape index (κ1) is 19.1. The average molecular weight is 420 g/mol. The van der Waals surface area contributed by atoms with Crippen molar-refractivity contribution in [2.24, 2.45) is 5.92 Å². The van der Waals surface area contributed by atoms with Gasteiger partial charge in [0.1, 0.15) is 5.75 Å². The summed E-state index contributed by atoms with van der Waals surface area (Å²) in [6.45, 7) is 2.24. The van der Waals surface area contributed by atoms with Crippen molar-refractivity contribution in [3.05, 3.63) is 54.2 Å². The van der Waals surface area contributed by atoms with Crippen LogP contribution in [0.4, 0.5) is 0 Å². The lowest BCUT2D eigenvalue weighted by molar-refractivity contribution is 0.0910. The van der Waals surface area contributed by atoms with Gasteiger partial charge in [0.05, 0.1) is 23.0 Å². The van der Waals surface area contributed by atoms with Gasteiger partial charge in [-0.05, 0) is 49.1 Å². The van der Waals surface area contributed by atoms with E-state index in [4.69, 9.17) is 9.72 Å². The van der Waals surface area contributed by atoms with Gasteiger partial charge in [-0.25, -0.2) is 4.98 Å². The van der Waals surface area contributed by atoms with Crippen LogP contribution in [0.1, 0.15) is 43.0 Å². The summed E-state index contributed by atoms with van der Waals surface area (Å²) < 4.78 is 8.49. The molecule has 154 valence electrons. The first-order chi connectivity index (χ1) is 14.6. The van der Waals surface area contributed by atoms with E-state index in [1.807, 2.05) is 48.7 Å². The van der Waals surface area contributed by atoms with Crippen molar-refractivity contribution in [3.63, 3.8) is 0 Å². The zero-order valence-electron chi connectivity index (χ0n) is 17.2. The molecule has 2 aromatic carbocycles. The van der Waals surface area contributed by atoms with Gasteiger partial charge in [0.15, 0.2) is 4.96 Å². The summed E-state index contributed by atoms with van der Waals surface area (Å²) in [6, 6.07) is 14.1. The molecule has 1 aliphatic carbocycles. The number of carbonyl (C=O) groups is 1. The Labute approximate surface area is 179 Å². The maximum Gasteiger partial charge on any atom is 0.251 e. The Morgan fingerprint density at radius 3 is 2.90 bits per heavy atom. The van der Waals surface area contributed by atoms with Gasteiger partial charge in [0.25, 0.3) is 5.91 Å². The third-order valence-corrected chi connectivity index (χ3v) is 7.17. The minimum atomic E-state index is 0.0266. The number of hydrogen-bond donors (Lipinski definition) is 1. The summed E-state index contributed by atoms with van der Waals surface area (Å²) in [6.07, 6.45) is 6.79. The Bertz CT molecular complexity index is 1230. The maximum absolute atomic E-state index is 12.8. The number of methoxy groups -OCH3 is 1. The molecule has 5 rings (SSSR count). The van der Waals surface area contributed by atoms with E-state index >= 15 is 0 Å². The van der Waals surface area contributed by atoms with E-state index in [-0.39, 0.29) is 11.9 Å². The molecule has 0 spiro atoms. The van der Waals surface area contributed by atoms with Crippen LogP contribution in [0, 0.1) is 5.92 Å². The second kappa shape index (κ2) is 7.76. The number of rotatable bonds is 4. The highest BCUT2D eigenvalue weighted by Crippen LogP contribution is 2.31. The van der Waals surface area contributed by atoms with Crippen LogP contribution in [-0.4, -0.2) is 28.4 Å². The summed E-state index contributed by atoms with van der Waals surface area (Å²) in [7, 11) is 1.67. The van der Waals surface area contributed by atoms with Crippen molar-refractivity contribution in [1.29, 1.82) is 0 Å². The molecule has 2 atom stereocenters. The van der Waals surface area contributed by atoms with Crippen molar-refractivity contribution in [2.45, 2.75) is 38.6 Å². The second-order valence-electron chi connectivity index (χ2n) is 8.14. The van der Waals surface area contributed by atoms with Gasteiger partial charge in [-0.2, -0.15) is 0 Å². The molecule has 1 aliphatic rings. The van der Waals surface area contributed by atoms with Crippen molar-refractivity contribution < 1.29 is 9.53 Å². The van der Waals surface area contributed by atoms with E-state index in [9.17, 15) is 4.79 Å². The van der Waals surface area contributed by atoms with Gasteiger partial charge in [-0.3, -0.25) is 9.20 Å². The van der Waals surface area contributed by atoms with E-state index in [0.717, 1.165) is 44.2 Å². The smallest absolute Gasteiger partial charge is 0.251 e. The van der Waals surface area contributed by atoms with Crippen molar-refractivity contribution in [2.75, 3.05) is 7.11 Å². The summed E-state index contributed by atoms with van der Waals surface area (Å²) in [5.41, 5.74) is 3.73. The summed E-state index contributed by atoms with van der Waals surface area (Å²) >= 11 is 1.61. The lowest BCUT2D eigenvalue weighted by Gasteiger charge is -2.29. The van der Waals surface area contributed by atoms with Crippen LogP contribution < -0.4 is 10.1 Å². The molecule has 1 N–H and O–H groups in total. The number of thiazole rings is 1. The zero-order chi connectivity index (χ0) is 20.7. The van der Waals surface area contributed by atoms with E-state index in [1.165, 1.54) is 19.3 Å². The molecule has 0 radical (unpaired) electrons. The molecule has 6 heteroatoms. The highest BCUT2D eigenvalue weighted by molar-refractivity contribution is 7.23. The summed E-state index contributed by atoms with van der Waals surface area (Å²) in [4.78, 5) is 18.5. The van der Waals surface area contributed by atoms with Crippen molar-refractivity contribution >= 4 is 32.4 Å². The Hall–Kier alpha value is -2.86. The monoisotopic (exact) mass is 419 g/mol. The number of benzene rings is 2. The lowest BCUT2D eigenvalue weighted by atomic mass is 9.86. The Kier molecular flexibility index (Phi) is 4.95. The topological polar surface area (TPSA) is 55.6 Å². The molecule has 1 amide bonds. The largest absolute Gasteiger partial charge is 0.497 e. The molecule has 0 bridgehead atoms. The number of imidazole rings is 1. The third-order valence-electron chi connectivity index (χ3n) is 6.15. The fraction of sp³-hybridized carbons (Fsp3) is 0.333. The predicted octanol–water partition coefficient (Wildman–Crippen LogP) is 5.53.